The summed E-state index contributed by atoms with van der Waals surface area (Å²) in [7, 11) is 0. The molecule has 2 aromatic heterocycles. The lowest BCUT2D eigenvalue weighted by Gasteiger charge is -2.11. The molecule has 2 aromatic carbocycles. The summed E-state index contributed by atoms with van der Waals surface area (Å²) < 4.78 is 19.1. The first kappa shape index (κ1) is 17.4. The molecule has 4 aromatic rings. The van der Waals surface area contributed by atoms with Gasteiger partial charge in [-0.1, -0.05) is 35.1 Å². The van der Waals surface area contributed by atoms with E-state index in [0.717, 1.165) is 9.71 Å². The Morgan fingerprint density at radius 1 is 1.22 bits per heavy atom. The van der Waals surface area contributed by atoms with Gasteiger partial charge in [0.2, 0.25) is 5.13 Å². The van der Waals surface area contributed by atoms with Gasteiger partial charge in [-0.3, -0.25) is 4.79 Å². The van der Waals surface area contributed by atoms with E-state index in [1.54, 1.807) is 42.5 Å². The van der Waals surface area contributed by atoms with Crippen molar-refractivity contribution in [3.05, 3.63) is 83.0 Å². The van der Waals surface area contributed by atoms with Gasteiger partial charge in [0.15, 0.2) is 5.76 Å². The number of fused-ring (bicyclic) bond motifs is 1. The van der Waals surface area contributed by atoms with E-state index in [-0.39, 0.29) is 11.6 Å². The molecule has 0 N–H and O–H groups in total. The van der Waals surface area contributed by atoms with Gasteiger partial charge in [0.05, 0.1) is 22.7 Å². The van der Waals surface area contributed by atoms with E-state index in [1.807, 2.05) is 0 Å². The monoisotopic (exact) mass is 399 g/mol. The largest absolute Gasteiger partial charge is 0.459 e. The van der Waals surface area contributed by atoms with Gasteiger partial charge in [0.1, 0.15) is 5.82 Å². The number of benzene rings is 2. The van der Waals surface area contributed by atoms with E-state index in [9.17, 15) is 9.18 Å². The average molecular weight is 400 g/mol. The number of amides is 1. The van der Waals surface area contributed by atoms with Crippen LogP contribution in [-0.2, 0) is 0 Å². The molecule has 0 spiro atoms. The van der Waals surface area contributed by atoms with E-state index >= 15 is 0 Å². The molecule has 0 bridgehead atoms. The van der Waals surface area contributed by atoms with Crippen LogP contribution in [0.2, 0.25) is 5.02 Å². The third kappa shape index (κ3) is 3.74. The fourth-order valence-corrected chi connectivity index (χ4v) is 3.54. The maximum absolute atomic E-state index is 13.1. The number of carbonyl (C=O) groups is 1. The summed E-state index contributed by atoms with van der Waals surface area (Å²) in [6, 6.07) is 14.2. The van der Waals surface area contributed by atoms with Gasteiger partial charge in [-0.2, -0.15) is 10.1 Å². The van der Waals surface area contributed by atoms with Crippen molar-refractivity contribution in [1.82, 2.24) is 4.98 Å². The second-order valence-corrected chi connectivity index (χ2v) is 6.94. The summed E-state index contributed by atoms with van der Waals surface area (Å²) in [5, 5.41) is 6.36. The first-order valence-corrected chi connectivity index (χ1v) is 9.03. The molecule has 1 amide bonds. The average Bonchev–Trinajstić information content (AvgIpc) is 3.32. The van der Waals surface area contributed by atoms with E-state index in [2.05, 4.69) is 10.1 Å². The third-order valence-corrected chi connectivity index (χ3v) is 4.87. The van der Waals surface area contributed by atoms with Gasteiger partial charge in [0.25, 0.3) is 0 Å². The Hall–Kier alpha value is -3.03. The molecule has 0 atom stereocenters. The lowest BCUT2D eigenvalue weighted by Crippen LogP contribution is -2.25. The van der Waals surface area contributed by atoms with Crippen LogP contribution >= 0.6 is 22.9 Å². The standard InChI is InChI=1S/C19H11ClFN3O2S/c20-13-5-8-15-17(10-13)27-19(23-15)24(18(25)16-2-1-9-26-16)22-11-12-3-6-14(21)7-4-12/h1-11H/b22-11-. The summed E-state index contributed by atoms with van der Waals surface area (Å²) in [4.78, 5) is 17.3. The maximum atomic E-state index is 13.1. The zero-order chi connectivity index (χ0) is 18.8. The van der Waals surface area contributed by atoms with Gasteiger partial charge in [-0.05, 0) is 48.0 Å². The van der Waals surface area contributed by atoms with Crippen LogP contribution in [0.1, 0.15) is 16.1 Å². The number of anilines is 1. The Labute approximate surface area is 162 Å². The minimum Gasteiger partial charge on any atom is -0.459 e. The number of furan rings is 1. The number of nitrogens with zero attached hydrogens (tertiary/aromatic N) is 3. The molecular weight excluding hydrogens is 389 g/mol. The van der Waals surface area contributed by atoms with E-state index in [0.29, 0.717) is 21.2 Å². The van der Waals surface area contributed by atoms with Crippen LogP contribution in [0, 0.1) is 5.82 Å². The molecular formula is C19H11ClFN3O2S. The molecule has 0 unspecified atom stereocenters. The Bertz CT molecular complexity index is 1120. The SMILES string of the molecule is O=C(c1ccco1)N(/N=C\c1ccc(F)cc1)c1nc2ccc(Cl)cc2s1. The number of hydrazone groups is 1. The van der Waals surface area contributed by atoms with E-state index in [4.69, 9.17) is 16.0 Å². The predicted molar refractivity (Wildman–Crippen MR) is 104 cm³/mol. The van der Waals surface area contributed by atoms with Crippen LogP contribution in [0.3, 0.4) is 0 Å². The summed E-state index contributed by atoms with van der Waals surface area (Å²) in [5.41, 5.74) is 1.34. The molecule has 134 valence electrons. The molecule has 0 fully saturated rings. The molecule has 0 aliphatic heterocycles. The highest BCUT2D eigenvalue weighted by atomic mass is 35.5. The summed E-state index contributed by atoms with van der Waals surface area (Å²) in [6.07, 6.45) is 2.87. The van der Waals surface area contributed by atoms with Gasteiger partial charge < -0.3 is 4.42 Å². The van der Waals surface area contributed by atoms with Crippen LogP contribution in [0.4, 0.5) is 9.52 Å². The molecule has 0 saturated carbocycles. The normalized spacial score (nSPS) is 11.3. The van der Waals surface area contributed by atoms with Crippen molar-refractivity contribution in [1.29, 1.82) is 0 Å². The number of carbonyl (C=O) groups excluding carboxylic acids is 1. The highest BCUT2D eigenvalue weighted by Gasteiger charge is 2.23. The second kappa shape index (κ2) is 7.30. The molecule has 2 heterocycles. The Balaban J connectivity index is 1.74. The Kier molecular flexibility index (Phi) is 4.70. The first-order chi connectivity index (χ1) is 13.1. The van der Waals surface area contributed by atoms with Crippen molar-refractivity contribution in [2.45, 2.75) is 0 Å². The van der Waals surface area contributed by atoms with Crippen molar-refractivity contribution in [3.63, 3.8) is 0 Å². The third-order valence-electron chi connectivity index (χ3n) is 3.64. The van der Waals surface area contributed by atoms with Crippen LogP contribution in [-0.4, -0.2) is 17.1 Å². The fourth-order valence-electron chi connectivity index (χ4n) is 2.34. The molecule has 0 aliphatic carbocycles. The lowest BCUT2D eigenvalue weighted by atomic mass is 10.2. The molecule has 5 nitrogen and oxygen atoms in total. The minimum absolute atomic E-state index is 0.128. The molecule has 0 aliphatic rings. The van der Waals surface area contributed by atoms with Crippen LogP contribution in [0.5, 0.6) is 0 Å². The molecule has 0 radical (unpaired) electrons. The van der Waals surface area contributed by atoms with Gasteiger partial charge in [0, 0.05) is 5.02 Å². The van der Waals surface area contributed by atoms with Crippen LogP contribution in [0.25, 0.3) is 10.2 Å². The smallest absolute Gasteiger partial charge is 0.316 e. The summed E-state index contributed by atoms with van der Waals surface area (Å²) >= 11 is 7.31. The van der Waals surface area contributed by atoms with Gasteiger partial charge in [-0.15, -0.1) is 0 Å². The predicted octanol–water partition coefficient (Wildman–Crippen LogP) is 5.36. The molecule has 0 saturated heterocycles. The molecule has 27 heavy (non-hydrogen) atoms. The molecule has 8 heteroatoms. The Morgan fingerprint density at radius 2 is 2.04 bits per heavy atom. The highest BCUT2D eigenvalue weighted by molar-refractivity contribution is 7.22. The Morgan fingerprint density at radius 3 is 2.78 bits per heavy atom. The summed E-state index contributed by atoms with van der Waals surface area (Å²) in [6.45, 7) is 0. The number of hydrogen-bond donors (Lipinski definition) is 0. The van der Waals surface area contributed by atoms with Crippen molar-refractivity contribution < 1.29 is 13.6 Å². The second-order valence-electron chi connectivity index (χ2n) is 5.50. The van der Waals surface area contributed by atoms with Gasteiger partial charge in [-0.25, -0.2) is 9.37 Å². The number of thiazole rings is 1. The number of hydrogen-bond acceptors (Lipinski definition) is 5. The lowest BCUT2D eigenvalue weighted by molar-refractivity contribution is 0.0961. The van der Waals surface area contributed by atoms with Crippen molar-refractivity contribution in [3.8, 4) is 0 Å². The number of aromatic nitrogens is 1. The van der Waals surface area contributed by atoms with Crippen molar-refractivity contribution >= 4 is 50.4 Å². The molecule has 4 rings (SSSR count). The van der Waals surface area contributed by atoms with Gasteiger partial charge >= 0.3 is 5.91 Å². The minimum atomic E-state index is -0.469. The zero-order valence-corrected chi connectivity index (χ0v) is 15.2. The number of halogens is 2. The maximum Gasteiger partial charge on any atom is 0.316 e. The van der Waals surface area contributed by atoms with E-state index < -0.39 is 5.91 Å². The topological polar surface area (TPSA) is 58.7 Å². The fraction of sp³-hybridized carbons (Fsp3) is 0. The highest BCUT2D eigenvalue weighted by Crippen LogP contribution is 2.31. The van der Waals surface area contributed by atoms with Crippen molar-refractivity contribution in [2.75, 3.05) is 5.01 Å². The van der Waals surface area contributed by atoms with E-state index in [1.165, 1.54) is 35.9 Å². The summed E-state index contributed by atoms with van der Waals surface area (Å²) in [5.74, 6) is -0.689. The van der Waals surface area contributed by atoms with Crippen LogP contribution < -0.4 is 5.01 Å². The number of rotatable bonds is 4. The quantitative estimate of drug-likeness (QED) is 0.342. The zero-order valence-electron chi connectivity index (χ0n) is 13.7. The first-order valence-electron chi connectivity index (χ1n) is 7.84. The van der Waals surface area contributed by atoms with Crippen LogP contribution in [0.15, 0.2) is 70.4 Å². The van der Waals surface area contributed by atoms with Crippen molar-refractivity contribution in [2.24, 2.45) is 5.10 Å².